The first-order chi connectivity index (χ1) is 7.27. The SMILES string of the molecule is CCSCCNCCCCCCC(C)C. The highest BCUT2D eigenvalue weighted by Gasteiger charge is 1.94. The van der Waals surface area contributed by atoms with Crippen molar-refractivity contribution in [3.05, 3.63) is 0 Å². The van der Waals surface area contributed by atoms with Gasteiger partial charge in [0, 0.05) is 12.3 Å². The van der Waals surface area contributed by atoms with Crippen molar-refractivity contribution in [1.29, 1.82) is 0 Å². The molecule has 0 spiro atoms. The molecule has 0 aliphatic heterocycles. The molecule has 0 aromatic carbocycles. The van der Waals surface area contributed by atoms with Crippen molar-refractivity contribution < 1.29 is 0 Å². The van der Waals surface area contributed by atoms with Gasteiger partial charge >= 0.3 is 0 Å². The Labute approximate surface area is 101 Å². The molecule has 0 atom stereocenters. The van der Waals surface area contributed by atoms with Crippen molar-refractivity contribution >= 4 is 11.8 Å². The summed E-state index contributed by atoms with van der Waals surface area (Å²) in [5, 5.41) is 3.50. The van der Waals surface area contributed by atoms with Crippen molar-refractivity contribution in [1.82, 2.24) is 5.32 Å². The van der Waals surface area contributed by atoms with Crippen molar-refractivity contribution in [2.75, 3.05) is 24.6 Å². The second-order valence-electron chi connectivity index (χ2n) is 4.54. The van der Waals surface area contributed by atoms with Gasteiger partial charge in [-0.25, -0.2) is 0 Å². The van der Waals surface area contributed by atoms with Crippen LogP contribution in [0.25, 0.3) is 0 Å². The molecule has 0 fully saturated rings. The van der Waals surface area contributed by atoms with Crippen LogP contribution in [0.4, 0.5) is 0 Å². The molecule has 92 valence electrons. The molecular weight excluding hydrogens is 202 g/mol. The smallest absolute Gasteiger partial charge is 0.00579 e. The summed E-state index contributed by atoms with van der Waals surface area (Å²) < 4.78 is 0. The number of rotatable bonds is 11. The van der Waals surface area contributed by atoms with Gasteiger partial charge in [-0.15, -0.1) is 0 Å². The van der Waals surface area contributed by atoms with Crippen LogP contribution in [0, 0.1) is 5.92 Å². The van der Waals surface area contributed by atoms with E-state index in [0.29, 0.717) is 0 Å². The number of nitrogens with one attached hydrogen (secondary N) is 1. The predicted octanol–water partition coefficient (Wildman–Crippen LogP) is 3.94. The van der Waals surface area contributed by atoms with Crippen LogP contribution in [0.15, 0.2) is 0 Å². The second-order valence-corrected chi connectivity index (χ2v) is 5.94. The first-order valence-corrected chi connectivity index (χ1v) is 7.71. The molecule has 0 heterocycles. The van der Waals surface area contributed by atoms with Crippen LogP contribution in [-0.4, -0.2) is 24.6 Å². The monoisotopic (exact) mass is 231 g/mol. The van der Waals surface area contributed by atoms with Gasteiger partial charge in [-0.3, -0.25) is 0 Å². The van der Waals surface area contributed by atoms with Gasteiger partial charge in [0.2, 0.25) is 0 Å². The fourth-order valence-corrected chi connectivity index (χ4v) is 2.15. The highest BCUT2D eigenvalue weighted by molar-refractivity contribution is 7.99. The Bertz CT molecular complexity index is 115. The second kappa shape index (κ2) is 12.4. The molecular formula is C13H29NS. The maximum atomic E-state index is 3.50. The third-order valence-electron chi connectivity index (χ3n) is 2.51. The van der Waals surface area contributed by atoms with Gasteiger partial charge in [0.05, 0.1) is 0 Å². The van der Waals surface area contributed by atoms with Gasteiger partial charge in [0.1, 0.15) is 0 Å². The summed E-state index contributed by atoms with van der Waals surface area (Å²) in [5.41, 5.74) is 0. The fourth-order valence-electron chi connectivity index (χ4n) is 1.57. The molecule has 0 bridgehead atoms. The van der Waals surface area contributed by atoms with E-state index in [9.17, 15) is 0 Å². The van der Waals surface area contributed by atoms with Crippen molar-refractivity contribution in [3.8, 4) is 0 Å². The lowest BCUT2D eigenvalue weighted by molar-refractivity contribution is 0.514. The molecule has 0 rings (SSSR count). The zero-order valence-corrected chi connectivity index (χ0v) is 11.7. The molecule has 1 nitrogen and oxygen atoms in total. The summed E-state index contributed by atoms with van der Waals surface area (Å²) in [4.78, 5) is 0. The highest BCUT2D eigenvalue weighted by Crippen LogP contribution is 2.08. The number of hydrogen-bond acceptors (Lipinski definition) is 2. The standard InChI is InChI=1S/C13H29NS/c1-4-15-12-11-14-10-8-6-5-7-9-13(2)3/h13-14H,4-12H2,1-3H3. The lowest BCUT2D eigenvalue weighted by Crippen LogP contribution is -2.18. The molecule has 15 heavy (non-hydrogen) atoms. The van der Waals surface area contributed by atoms with E-state index in [1.165, 1.54) is 56.7 Å². The van der Waals surface area contributed by atoms with Gasteiger partial charge < -0.3 is 5.32 Å². The lowest BCUT2D eigenvalue weighted by Gasteiger charge is -2.05. The Balaban J connectivity index is 2.87. The largest absolute Gasteiger partial charge is 0.316 e. The van der Waals surface area contributed by atoms with E-state index in [2.05, 4.69) is 26.1 Å². The van der Waals surface area contributed by atoms with E-state index in [1.54, 1.807) is 0 Å². The van der Waals surface area contributed by atoms with Crippen LogP contribution in [0.2, 0.25) is 0 Å². The lowest BCUT2D eigenvalue weighted by atomic mass is 10.0. The zero-order valence-electron chi connectivity index (χ0n) is 10.8. The summed E-state index contributed by atoms with van der Waals surface area (Å²) in [6, 6.07) is 0. The average molecular weight is 231 g/mol. The van der Waals surface area contributed by atoms with Crippen LogP contribution in [0.3, 0.4) is 0 Å². The fraction of sp³-hybridized carbons (Fsp3) is 1.00. The number of hydrogen-bond donors (Lipinski definition) is 1. The molecule has 0 unspecified atom stereocenters. The van der Waals surface area contributed by atoms with Crippen LogP contribution in [0.5, 0.6) is 0 Å². The van der Waals surface area contributed by atoms with E-state index in [0.717, 1.165) is 5.92 Å². The van der Waals surface area contributed by atoms with Gasteiger partial charge in [0.25, 0.3) is 0 Å². The Morgan fingerprint density at radius 3 is 2.40 bits per heavy atom. The molecule has 2 heteroatoms. The molecule has 0 radical (unpaired) electrons. The molecule has 0 aliphatic carbocycles. The summed E-state index contributed by atoms with van der Waals surface area (Å²) in [5.74, 6) is 3.40. The molecule has 0 aromatic heterocycles. The summed E-state index contributed by atoms with van der Waals surface area (Å²) in [7, 11) is 0. The van der Waals surface area contributed by atoms with Gasteiger partial charge in [-0.1, -0.05) is 46.5 Å². The van der Waals surface area contributed by atoms with Gasteiger partial charge in [-0.2, -0.15) is 11.8 Å². The Morgan fingerprint density at radius 2 is 1.73 bits per heavy atom. The number of unbranched alkanes of at least 4 members (excludes halogenated alkanes) is 3. The topological polar surface area (TPSA) is 12.0 Å². The van der Waals surface area contributed by atoms with Crippen molar-refractivity contribution in [2.24, 2.45) is 5.92 Å². The zero-order chi connectivity index (χ0) is 11.4. The molecule has 0 amide bonds. The first-order valence-electron chi connectivity index (χ1n) is 6.55. The van der Waals surface area contributed by atoms with E-state index in [1.807, 2.05) is 11.8 Å². The first kappa shape index (κ1) is 15.3. The van der Waals surface area contributed by atoms with E-state index >= 15 is 0 Å². The van der Waals surface area contributed by atoms with Crippen molar-refractivity contribution in [2.45, 2.75) is 52.9 Å². The molecule has 0 saturated heterocycles. The van der Waals surface area contributed by atoms with E-state index in [4.69, 9.17) is 0 Å². The van der Waals surface area contributed by atoms with Crippen LogP contribution >= 0.6 is 11.8 Å². The number of thioether (sulfide) groups is 1. The van der Waals surface area contributed by atoms with Crippen LogP contribution in [-0.2, 0) is 0 Å². The Hall–Kier alpha value is 0.310. The average Bonchev–Trinajstić information content (AvgIpc) is 2.20. The van der Waals surface area contributed by atoms with Gasteiger partial charge in [0.15, 0.2) is 0 Å². The Morgan fingerprint density at radius 1 is 1.00 bits per heavy atom. The normalized spacial score (nSPS) is 11.2. The quantitative estimate of drug-likeness (QED) is 0.541. The predicted molar refractivity (Wildman–Crippen MR) is 73.8 cm³/mol. The highest BCUT2D eigenvalue weighted by atomic mass is 32.2. The maximum Gasteiger partial charge on any atom is 0.00579 e. The molecule has 0 aliphatic rings. The molecule has 1 N–H and O–H groups in total. The third kappa shape index (κ3) is 14.3. The summed E-state index contributed by atoms with van der Waals surface area (Å²) in [6.45, 7) is 9.25. The van der Waals surface area contributed by atoms with Crippen LogP contribution < -0.4 is 5.32 Å². The Kier molecular flexibility index (Phi) is 12.6. The van der Waals surface area contributed by atoms with Crippen molar-refractivity contribution in [3.63, 3.8) is 0 Å². The minimum Gasteiger partial charge on any atom is -0.316 e. The minimum atomic E-state index is 0.884. The molecule has 0 saturated carbocycles. The third-order valence-corrected chi connectivity index (χ3v) is 3.41. The maximum absolute atomic E-state index is 3.50. The van der Waals surface area contributed by atoms with Gasteiger partial charge in [-0.05, 0) is 24.6 Å². The van der Waals surface area contributed by atoms with E-state index in [-0.39, 0.29) is 0 Å². The minimum absolute atomic E-state index is 0.884. The van der Waals surface area contributed by atoms with E-state index < -0.39 is 0 Å². The summed E-state index contributed by atoms with van der Waals surface area (Å²) >= 11 is 2.02. The molecule has 0 aromatic rings. The van der Waals surface area contributed by atoms with Crippen LogP contribution in [0.1, 0.15) is 52.9 Å². The summed E-state index contributed by atoms with van der Waals surface area (Å²) in [6.07, 6.45) is 7.00.